The van der Waals surface area contributed by atoms with E-state index < -0.39 is 20.0 Å². The van der Waals surface area contributed by atoms with Crippen LogP contribution in [0.3, 0.4) is 0 Å². The van der Waals surface area contributed by atoms with Crippen LogP contribution in [-0.4, -0.2) is 56.4 Å². The number of fused-ring (bicyclic) bond motifs is 2. The summed E-state index contributed by atoms with van der Waals surface area (Å²) in [5, 5.41) is 9.76. The van der Waals surface area contributed by atoms with E-state index in [0.29, 0.717) is 25.1 Å². The third-order valence-electron chi connectivity index (χ3n) is 8.52. The molecular weight excluding hydrogens is 500 g/mol. The third kappa shape index (κ3) is 4.35. The Hall–Kier alpha value is -2.72. The van der Waals surface area contributed by atoms with Crippen molar-refractivity contribution in [3.63, 3.8) is 0 Å². The number of amides is 2. The summed E-state index contributed by atoms with van der Waals surface area (Å²) in [6.07, 6.45) is 2.45. The van der Waals surface area contributed by atoms with E-state index in [1.54, 1.807) is 12.0 Å². The van der Waals surface area contributed by atoms with Crippen LogP contribution >= 0.6 is 0 Å². The molecule has 0 bridgehead atoms. The summed E-state index contributed by atoms with van der Waals surface area (Å²) in [4.78, 5) is 41.5. The zero-order valence-electron chi connectivity index (χ0n) is 22.6. The molecule has 2 N–H and O–H groups in total. The second-order valence-electron chi connectivity index (χ2n) is 11.3. The van der Waals surface area contributed by atoms with Crippen LogP contribution in [0.2, 0.25) is 18.6 Å². The molecule has 8 nitrogen and oxygen atoms in total. The highest BCUT2D eigenvalue weighted by atomic mass is 28.4. The van der Waals surface area contributed by atoms with E-state index in [1.807, 2.05) is 67.4 Å². The molecule has 2 fully saturated rings. The monoisotopic (exact) mass is 538 g/mol. The predicted molar refractivity (Wildman–Crippen MR) is 148 cm³/mol. The van der Waals surface area contributed by atoms with Crippen LogP contribution in [0.25, 0.3) is 0 Å². The quantitative estimate of drug-likeness (QED) is 0.518. The molecule has 9 heteroatoms. The van der Waals surface area contributed by atoms with Crippen LogP contribution in [0, 0.1) is 5.92 Å². The molecule has 2 aromatic rings. The van der Waals surface area contributed by atoms with Crippen LogP contribution in [0.1, 0.15) is 43.7 Å². The molecule has 5 rings (SSSR count). The fraction of sp³-hybridized carbons (Fsp3) is 0.517. The van der Waals surface area contributed by atoms with Crippen molar-refractivity contribution in [2.24, 2.45) is 5.92 Å². The van der Waals surface area contributed by atoms with E-state index >= 15 is 0 Å². The van der Waals surface area contributed by atoms with Crippen molar-refractivity contribution in [3.05, 3.63) is 53.6 Å². The van der Waals surface area contributed by atoms with Gasteiger partial charge < -0.3 is 29.2 Å². The summed E-state index contributed by atoms with van der Waals surface area (Å²) >= 11 is 0. The van der Waals surface area contributed by atoms with E-state index in [-0.39, 0.29) is 29.9 Å². The fourth-order valence-electron chi connectivity index (χ4n) is 6.78. The first kappa shape index (κ1) is 26.9. The molecule has 38 heavy (non-hydrogen) atoms. The number of carbonyl (C=O) groups excluding carboxylic acids is 2. The Morgan fingerprint density at radius 3 is 2.50 bits per heavy atom. The summed E-state index contributed by atoms with van der Waals surface area (Å²) in [5.74, 6) is 0.332. The van der Waals surface area contributed by atoms with Crippen molar-refractivity contribution in [1.29, 1.82) is 0 Å². The molecule has 0 unspecified atom stereocenters. The number of aliphatic hydroxyl groups is 1. The van der Waals surface area contributed by atoms with E-state index in [1.165, 1.54) is 0 Å². The van der Waals surface area contributed by atoms with Gasteiger partial charge in [0.2, 0.25) is 5.91 Å². The Morgan fingerprint density at radius 1 is 1.13 bits per heavy atom. The number of nitrogens with zero attached hydrogens (tertiary/aromatic N) is 2. The average Bonchev–Trinajstić information content (AvgIpc) is 3.31. The minimum Gasteiger partial charge on any atom is -0.497 e. The normalized spacial score (nSPS) is 27.4. The van der Waals surface area contributed by atoms with Gasteiger partial charge in [-0.15, -0.1) is 0 Å². The molecule has 1 spiro atoms. The SMILES string of the molecule is COc1ccc2c(c1)[C@]1(O[C@@H](CCO)[C@H]([Si](C)(C)O)[C@H]1C)C(=O)N2Cc1ccc(N2CCCCC2=O)cc1. The van der Waals surface area contributed by atoms with Crippen LogP contribution in [0.4, 0.5) is 11.4 Å². The van der Waals surface area contributed by atoms with Gasteiger partial charge in [-0.1, -0.05) is 19.1 Å². The number of piperidine rings is 1. The number of ether oxygens (including phenoxy) is 2. The Bertz CT molecular complexity index is 1210. The van der Waals surface area contributed by atoms with E-state index in [0.717, 1.165) is 41.9 Å². The largest absolute Gasteiger partial charge is 0.497 e. The van der Waals surface area contributed by atoms with Gasteiger partial charge >= 0.3 is 0 Å². The zero-order chi connectivity index (χ0) is 27.2. The highest BCUT2D eigenvalue weighted by molar-refractivity contribution is 6.71. The molecule has 2 saturated heterocycles. The van der Waals surface area contributed by atoms with Crippen molar-refractivity contribution in [2.45, 2.75) is 69.5 Å². The van der Waals surface area contributed by atoms with E-state index in [4.69, 9.17) is 9.47 Å². The number of hydrogen-bond acceptors (Lipinski definition) is 6. The highest BCUT2D eigenvalue weighted by Gasteiger charge is 2.66. The van der Waals surface area contributed by atoms with E-state index in [2.05, 4.69) is 0 Å². The molecule has 2 amide bonds. The first-order valence-corrected chi connectivity index (χ1v) is 16.5. The molecule has 3 aliphatic heterocycles. The zero-order valence-corrected chi connectivity index (χ0v) is 23.6. The lowest BCUT2D eigenvalue weighted by molar-refractivity contribution is -0.146. The highest BCUT2D eigenvalue weighted by Crippen LogP contribution is 2.60. The average molecular weight is 539 g/mol. The Labute approximate surface area is 225 Å². The summed E-state index contributed by atoms with van der Waals surface area (Å²) < 4.78 is 12.2. The van der Waals surface area contributed by atoms with Gasteiger partial charge in [0.15, 0.2) is 13.9 Å². The van der Waals surface area contributed by atoms with E-state index in [9.17, 15) is 19.5 Å². The number of benzene rings is 2. The van der Waals surface area contributed by atoms with Gasteiger partial charge in [0, 0.05) is 42.3 Å². The molecule has 2 aromatic carbocycles. The Balaban J connectivity index is 1.50. The van der Waals surface area contributed by atoms with Gasteiger partial charge in [-0.05, 0) is 68.3 Å². The minimum atomic E-state index is -2.75. The topological polar surface area (TPSA) is 99.5 Å². The smallest absolute Gasteiger partial charge is 0.264 e. The lowest BCUT2D eigenvalue weighted by Gasteiger charge is -2.32. The lowest BCUT2D eigenvalue weighted by atomic mass is 9.82. The standard InChI is InChI=1S/C29H38N2O6Si/c1-19-27(38(3,4)35)25(14-16-32)37-29(19)23-17-22(36-2)12-13-24(23)31(28(29)34)18-20-8-10-21(11-9-20)30-15-6-5-7-26(30)33/h8-13,17,19,25,27,32,35H,5-7,14-16,18H2,1-4H3/t19-,25+,27-,29+/m1/s1. The molecule has 3 aliphatic rings. The Morgan fingerprint density at radius 2 is 1.87 bits per heavy atom. The van der Waals surface area contributed by atoms with Crippen molar-refractivity contribution < 1.29 is 29.0 Å². The van der Waals surface area contributed by atoms with Gasteiger partial charge in [0.25, 0.3) is 5.91 Å². The third-order valence-corrected chi connectivity index (χ3v) is 11.0. The second-order valence-corrected chi connectivity index (χ2v) is 15.3. The number of anilines is 2. The summed E-state index contributed by atoms with van der Waals surface area (Å²) in [6, 6.07) is 13.5. The molecule has 0 aliphatic carbocycles. The number of aliphatic hydroxyl groups excluding tert-OH is 1. The summed E-state index contributed by atoms with van der Waals surface area (Å²) in [7, 11) is -1.15. The van der Waals surface area contributed by atoms with Gasteiger partial charge in [0.05, 0.1) is 25.4 Å². The summed E-state index contributed by atoms with van der Waals surface area (Å²) in [5.41, 5.74) is 1.84. The molecule has 204 valence electrons. The van der Waals surface area contributed by atoms with Gasteiger partial charge in [-0.3, -0.25) is 9.59 Å². The lowest BCUT2D eigenvalue weighted by Crippen LogP contribution is -2.46. The number of rotatable bonds is 7. The first-order valence-electron chi connectivity index (χ1n) is 13.5. The van der Waals surface area contributed by atoms with Crippen LogP contribution < -0.4 is 14.5 Å². The maximum atomic E-state index is 14.4. The molecule has 4 atom stereocenters. The van der Waals surface area contributed by atoms with Crippen LogP contribution in [0.5, 0.6) is 5.75 Å². The fourth-order valence-corrected chi connectivity index (χ4v) is 9.38. The molecule has 0 aromatic heterocycles. The van der Waals surface area contributed by atoms with Crippen molar-refractivity contribution in [3.8, 4) is 5.75 Å². The maximum Gasteiger partial charge on any atom is 0.264 e. The predicted octanol–water partition coefficient (Wildman–Crippen LogP) is 3.94. The van der Waals surface area contributed by atoms with Crippen molar-refractivity contribution in [2.75, 3.05) is 30.1 Å². The molecule has 3 heterocycles. The molecular formula is C29H38N2O6Si. The molecule has 0 saturated carbocycles. The number of methoxy groups -OCH3 is 1. The molecule has 0 radical (unpaired) electrons. The van der Waals surface area contributed by atoms with Gasteiger partial charge in [-0.25, -0.2) is 0 Å². The summed E-state index contributed by atoms with van der Waals surface area (Å²) in [6.45, 7) is 6.74. The second kappa shape index (κ2) is 10.1. The number of hydrogen-bond donors (Lipinski definition) is 2. The van der Waals surface area contributed by atoms with Gasteiger partial charge in [-0.2, -0.15) is 0 Å². The van der Waals surface area contributed by atoms with Crippen molar-refractivity contribution in [1.82, 2.24) is 0 Å². The number of carbonyl (C=O) groups is 2. The minimum absolute atomic E-state index is 0.0802. The maximum absolute atomic E-state index is 14.4. The van der Waals surface area contributed by atoms with Crippen molar-refractivity contribution >= 4 is 31.5 Å². The Kier molecular flexibility index (Phi) is 7.15. The van der Waals surface area contributed by atoms with Crippen LogP contribution in [0.15, 0.2) is 42.5 Å². The first-order chi connectivity index (χ1) is 18.1. The van der Waals surface area contributed by atoms with Crippen LogP contribution in [-0.2, 0) is 26.5 Å². The van der Waals surface area contributed by atoms with Gasteiger partial charge in [0.1, 0.15) is 5.75 Å².